The van der Waals surface area contributed by atoms with Crippen molar-refractivity contribution in [3.63, 3.8) is 0 Å². The van der Waals surface area contributed by atoms with E-state index in [0.29, 0.717) is 0 Å². The Morgan fingerprint density at radius 3 is 2.47 bits per heavy atom. The fourth-order valence-electron chi connectivity index (χ4n) is 2.40. The zero-order valence-corrected chi connectivity index (χ0v) is 11.8. The van der Waals surface area contributed by atoms with Gasteiger partial charge in [0.25, 0.3) is 0 Å². The van der Waals surface area contributed by atoms with E-state index in [2.05, 4.69) is 45.9 Å². The van der Waals surface area contributed by atoms with Crippen LogP contribution in [0.5, 0.6) is 0 Å². The highest BCUT2D eigenvalue weighted by atomic mass is 14.3. The van der Waals surface area contributed by atoms with Gasteiger partial charge in [0.05, 0.1) is 0 Å². The van der Waals surface area contributed by atoms with Crippen molar-refractivity contribution in [2.24, 2.45) is 5.92 Å². The minimum Gasteiger partial charge on any atom is -0.0588 e. The molecule has 1 saturated carbocycles. The third-order valence-corrected chi connectivity index (χ3v) is 3.97. The lowest BCUT2D eigenvalue weighted by Gasteiger charge is -2.21. The van der Waals surface area contributed by atoms with Gasteiger partial charge in [0, 0.05) is 0 Å². The van der Waals surface area contributed by atoms with E-state index in [4.69, 9.17) is 0 Å². The summed E-state index contributed by atoms with van der Waals surface area (Å²) in [5.41, 5.74) is 4.79. The molecule has 0 nitrogen and oxygen atoms in total. The molecule has 0 saturated heterocycles. The quantitative estimate of drug-likeness (QED) is 0.681. The lowest BCUT2D eigenvalue weighted by Crippen LogP contribution is -2.11. The van der Waals surface area contributed by atoms with Crippen LogP contribution >= 0.6 is 0 Å². The predicted octanol–water partition coefficient (Wildman–Crippen LogP) is 5.03. The van der Waals surface area contributed by atoms with Gasteiger partial charge in [0.1, 0.15) is 0 Å². The van der Waals surface area contributed by atoms with Gasteiger partial charge in [-0.25, -0.2) is 0 Å². The second kappa shape index (κ2) is 4.84. The summed E-state index contributed by atoms with van der Waals surface area (Å²) in [4.78, 5) is 0. The fourth-order valence-corrected chi connectivity index (χ4v) is 2.40. The molecule has 1 aromatic rings. The largest absolute Gasteiger partial charge is 0.0588 e. The van der Waals surface area contributed by atoms with Gasteiger partial charge in [-0.15, -0.1) is 0 Å². The number of aryl methyl sites for hydroxylation is 2. The smallest absolute Gasteiger partial charge is 0.0132 e. The molecule has 0 heteroatoms. The summed E-state index contributed by atoms with van der Waals surface area (Å²) >= 11 is 0. The van der Waals surface area contributed by atoms with Gasteiger partial charge in [-0.3, -0.25) is 0 Å². The molecule has 0 N–H and O–H groups in total. The highest BCUT2D eigenvalue weighted by Gasteiger charge is 2.20. The molecule has 0 heterocycles. The van der Waals surface area contributed by atoms with Crippen molar-refractivity contribution in [2.75, 3.05) is 0 Å². The minimum atomic E-state index is 0.277. The van der Waals surface area contributed by atoms with Gasteiger partial charge < -0.3 is 0 Å². The Morgan fingerprint density at radius 2 is 1.88 bits per heavy atom. The summed E-state index contributed by atoms with van der Waals surface area (Å²) in [6.07, 6.45) is 7.06. The Hall–Kier alpha value is -0.780. The van der Waals surface area contributed by atoms with E-state index in [-0.39, 0.29) is 5.41 Å². The lowest BCUT2D eigenvalue weighted by atomic mass is 9.84. The van der Waals surface area contributed by atoms with Crippen LogP contribution in [0.3, 0.4) is 0 Å². The van der Waals surface area contributed by atoms with Crippen LogP contribution in [0.2, 0.25) is 0 Å². The second-order valence-electron chi connectivity index (χ2n) is 6.73. The third-order valence-electron chi connectivity index (χ3n) is 3.97. The van der Waals surface area contributed by atoms with E-state index in [1.54, 1.807) is 5.56 Å². The monoisotopic (exact) mass is 230 g/mol. The molecule has 1 aliphatic rings. The van der Waals surface area contributed by atoms with Crippen LogP contribution in [-0.2, 0) is 11.8 Å². The molecule has 0 atom stereocenters. The topological polar surface area (TPSA) is 0 Å². The first-order chi connectivity index (χ1) is 7.97. The Kier molecular flexibility index (Phi) is 3.61. The summed E-state index contributed by atoms with van der Waals surface area (Å²) < 4.78 is 0. The number of hydrogen-bond acceptors (Lipinski definition) is 0. The average molecular weight is 230 g/mol. The van der Waals surface area contributed by atoms with Crippen molar-refractivity contribution < 1.29 is 0 Å². The van der Waals surface area contributed by atoms with Gasteiger partial charge in [0.2, 0.25) is 0 Å². The first-order valence-electron chi connectivity index (χ1n) is 7.07. The van der Waals surface area contributed by atoms with Gasteiger partial charge in [0.15, 0.2) is 0 Å². The number of rotatable bonds is 4. The molecule has 0 aliphatic heterocycles. The van der Waals surface area contributed by atoms with Crippen LogP contribution < -0.4 is 0 Å². The van der Waals surface area contributed by atoms with E-state index >= 15 is 0 Å². The maximum absolute atomic E-state index is 2.43. The summed E-state index contributed by atoms with van der Waals surface area (Å²) in [6, 6.07) is 7.02. The standard InChI is InChI=1S/C17H26/c1-13-8-11-16(17(2,3)4)12-15(13)7-5-6-14-9-10-14/h8,11-12,14H,5-7,9-10H2,1-4H3. The molecule has 0 unspecified atom stereocenters. The van der Waals surface area contributed by atoms with E-state index in [0.717, 1.165) is 5.92 Å². The minimum absolute atomic E-state index is 0.277. The average Bonchev–Trinajstić information content (AvgIpc) is 3.03. The van der Waals surface area contributed by atoms with Crippen LogP contribution in [0.4, 0.5) is 0 Å². The SMILES string of the molecule is Cc1ccc(C(C)(C)C)cc1CCCC1CC1. The first-order valence-corrected chi connectivity index (χ1v) is 7.07. The van der Waals surface area contributed by atoms with Gasteiger partial charge in [-0.05, 0) is 47.8 Å². The van der Waals surface area contributed by atoms with E-state index < -0.39 is 0 Å². The Balaban J connectivity index is 2.03. The zero-order chi connectivity index (χ0) is 12.5. The first kappa shape index (κ1) is 12.7. The van der Waals surface area contributed by atoms with Crippen LogP contribution in [0.15, 0.2) is 18.2 Å². The van der Waals surface area contributed by atoms with Crippen LogP contribution in [0, 0.1) is 12.8 Å². The molecule has 17 heavy (non-hydrogen) atoms. The molecule has 1 aliphatic carbocycles. The molecular weight excluding hydrogens is 204 g/mol. The Labute approximate surface area is 106 Å². The summed E-state index contributed by atoms with van der Waals surface area (Å²) in [5, 5.41) is 0. The number of hydrogen-bond donors (Lipinski definition) is 0. The van der Waals surface area contributed by atoms with Crippen molar-refractivity contribution in [3.8, 4) is 0 Å². The van der Waals surface area contributed by atoms with Crippen molar-refractivity contribution in [2.45, 2.75) is 65.2 Å². The molecule has 1 aromatic carbocycles. The fraction of sp³-hybridized carbons (Fsp3) is 0.647. The molecule has 0 amide bonds. The molecule has 0 radical (unpaired) electrons. The molecule has 0 spiro atoms. The highest BCUT2D eigenvalue weighted by Crippen LogP contribution is 2.34. The summed E-state index contributed by atoms with van der Waals surface area (Å²) in [7, 11) is 0. The van der Waals surface area contributed by atoms with Crippen LogP contribution in [0.1, 0.15) is 63.1 Å². The molecular formula is C17H26. The molecule has 94 valence electrons. The van der Waals surface area contributed by atoms with Crippen molar-refractivity contribution >= 4 is 0 Å². The Bertz CT molecular complexity index is 378. The maximum Gasteiger partial charge on any atom is -0.0132 e. The Morgan fingerprint density at radius 1 is 1.18 bits per heavy atom. The van der Waals surface area contributed by atoms with Crippen molar-refractivity contribution in [3.05, 3.63) is 34.9 Å². The normalized spacial score (nSPS) is 16.2. The van der Waals surface area contributed by atoms with Crippen molar-refractivity contribution in [1.29, 1.82) is 0 Å². The van der Waals surface area contributed by atoms with Gasteiger partial charge >= 0.3 is 0 Å². The van der Waals surface area contributed by atoms with Gasteiger partial charge in [-0.1, -0.05) is 58.2 Å². The maximum atomic E-state index is 2.43. The molecule has 0 aromatic heterocycles. The van der Waals surface area contributed by atoms with E-state index in [1.807, 2.05) is 0 Å². The number of benzene rings is 1. The van der Waals surface area contributed by atoms with Crippen molar-refractivity contribution in [1.82, 2.24) is 0 Å². The molecule has 2 rings (SSSR count). The van der Waals surface area contributed by atoms with Gasteiger partial charge in [-0.2, -0.15) is 0 Å². The van der Waals surface area contributed by atoms with E-state index in [1.165, 1.54) is 43.2 Å². The van der Waals surface area contributed by atoms with Crippen LogP contribution in [-0.4, -0.2) is 0 Å². The predicted molar refractivity (Wildman–Crippen MR) is 75.5 cm³/mol. The third kappa shape index (κ3) is 3.59. The lowest BCUT2D eigenvalue weighted by molar-refractivity contribution is 0.588. The second-order valence-corrected chi connectivity index (χ2v) is 6.73. The molecule has 0 bridgehead atoms. The zero-order valence-electron chi connectivity index (χ0n) is 11.8. The van der Waals surface area contributed by atoms with Crippen LogP contribution in [0.25, 0.3) is 0 Å². The van der Waals surface area contributed by atoms with E-state index in [9.17, 15) is 0 Å². The summed E-state index contributed by atoms with van der Waals surface area (Å²) in [6.45, 7) is 9.14. The molecule has 1 fully saturated rings. The highest BCUT2D eigenvalue weighted by molar-refractivity contribution is 5.34. The summed E-state index contributed by atoms with van der Waals surface area (Å²) in [5.74, 6) is 1.07.